The fourth-order valence-corrected chi connectivity index (χ4v) is 3.28. The molecule has 4 nitrogen and oxygen atoms in total. The third-order valence-electron chi connectivity index (χ3n) is 4.52. The van der Waals surface area contributed by atoms with Crippen molar-refractivity contribution in [3.05, 3.63) is 0 Å². The molecule has 2 bridgehead atoms. The van der Waals surface area contributed by atoms with Crippen LogP contribution in [0.25, 0.3) is 0 Å². The van der Waals surface area contributed by atoms with Gasteiger partial charge in [-0.15, -0.1) is 0 Å². The second-order valence-electron chi connectivity index (χ2n) is 5.10. The molecule has 0 aromatic rings. The van der Waals surface area contributed by atoms with E-state index >= 15 is 0 Å². The van der Waals surface area contributed by atoms with Crippen molar-refractivity contribution in [3.63, 3.8) is 0 Å². The van der Waals surface area contributed by atoms with E-state index in [0.29, 0.717) is 12.8 Å². The standard InChI is InChI=1S/C11H14O4/c1-10-4-3-6(8(14)9(10)15)11(10,2)5-7(12)13/h6H,3-5H2,1-2H3,(H,12,13)/t6-,10+,11+/m1/s1. The van der Waals surface area contributed by atoms with E-state index in [2.05, 4.69) is 0 Å². The van der Waals surface area contributed by atoms with Gasteiger partial charge in [-0.05, 0) is 12.8 Å². The van der Waals surface area contributed by atoms with Crippen LogP contribution in [0.3, 0.4) is 0 Å². The van der Waals surface area contributed by atoms with Crippen LogP contribution in [-0.2, 0) is 14.4 Å². The zero-order chi connectivity index (χ0) is 11.4. The number of hydrogen-bond acceptors (Lipinski definition) is 3. The number of hydrogen-bond donors (Lipinski definition) is 1. The first-order chi connectivity index (χ1) is 6.83. The third-order valence-corrected chi connectivity index (χ3v) is 4.52. The summed E-state index contributed by atoms with van der Waals surface area (Å²) in [4.78, 5) is 34.2. The largest absolute Gasteiger partial charge is 0.481 e. The van der Waals surface area contributed by atoms with Crippen LogP contribution < -0.4 is 0 Å². The Balaban J connectivity index is 2.46. The maximum absolute atomic E-state index is 11.7. The quantitative estimate of drug-likeness (QED) is 0.691. The van der Waals surface area contributed by atoms with Gasteiger partial charge >= 0.3 is 5.97 Å². The van der Waals surface area contributed by atoms with Gasteiger partial charge in [0.25, 0.3) is 0 Å². The Hall–Kier alpha value is -1.19. The molecule has 2 rings (SSSR count). The Bertz CT molecular complexity index is 373. The van der Waals surface area contributed by atoms with Crippen molar-refractivity contribution in [1.82, 2.24) is 0 Å². The molecule has 0 radical (unpaired) electrons. The van der Waals surface area contributed by atoms with Crippen LogP contribution in [0.15, 0.2) is 0 Å². The summed E-state index contributed by atoms with van der Waals surface area (Å²) in [5, 5.41) is 8.87. The van der Waals surface area contributed by atoms with E-state index in [9.17, 15) is 14.4 Å². The average Bonchev–Trinajstić information content (AvgIpc) is 2.42. The lowest BCUT2D eigenvalue weighted by atomic mass is 9.67. The minimum atomic E-state index is -0.932. The molecule has 15 heavy (non-hydrogen) atoms. The lowest BCUT2D eigenvalue weighted by Gasteiger charge is -2.34. The van der Waals surface area contributed by atoms with Crippen molar-refractivity contribution >= 4 is 17.5 Å². The highest BCUT2D eigenvalue weighted by molar-refractivity contribution is 6.43. The van der Waals surface area contributed by atoms with Crippen molar-refractivity contribution in [2.45, 2.75) is 33.1 Å². The SMILES string of the molecule is C[C@]12CC[C@H](C(=O)C1=O)[C@]2(C)CC(=O)O. The molecule has 1 N–H and O–H groups in total. The molecule has 3 atom stereocenters. The minimum absolute atomic E-state index is 0.0916. The van der Waals surface area contributed by atoms with Crippen LogP contribution in [0.1, 0.15) is 33.1 Å². The molecule has 2 aliphatic rings. The molecule has 0 aromatic carbocycles. The van der Waals surface area contributed by atoms with Crippen molar-refractivity contribution in [3.8, 4) is 0 Å². The van der Waals surface area contributed by atoms with Gasteiger partial charge in [-0.25, -0.2) is 0 Å². The molecule has 0 unspecified atom stereocenters. The van der Waals surface area contributed by atoms with Crippen LogP contribution in [-0.4, -0.2) is 22.6 Å². The first-order valence-electron chi connectivity index (χ1n) is 5.13. The van der Waals surface area contributed by atoms with E-state index in [1.165, 1.54) is 0 Å². The van der Waals surface area contributed by atoms with E-state index in [-0.39, 0.29) is 23.9 Å². The summed E-state index contributed by atoms with van der Waals surface area (Å²) in [6, 6.07) is 0. The number of aliphatic carboxylic acids is 1. The van der Waals surface area contributed by atoms with Crippen LogP contribution in [0.5, 0.6) is 0 Å². The molecule has 0 aromatic heterocycles. The number of carbonyl (C=O) groups is 3. The predicted molar refractivity (Wildman–Crippen MR) is 51.2 cm³/mol. The molecule has 2 fully saturated rings. The first-order valence-corrected chi connectivity index (χ1v) is 5.13. The van der Waals surface area contributed by atoms with Crippen molar-refractivity contribution in [2.24, 2.45) is 16.7 Å². The van der Waals surface area contributed by atoms with Gasteiger partial charge in [0, 0.05) is 16.7 Å². The molecule has 0 saturated heterocycles. The Morgan fingerprint density at radius 2 is 2.07 bits per heavy atom. The van der Waals surface area contributed by atoms with Gasteiger partial charge in [-0.2, -0.15) is 0 Å². The van der Waals surface area contributed by atoms with Gasteiger partial charge in [0.2, 0.25) is 11.6 Å². The third kappa shape index (κ3) is 0.994. The summed E-state index contributed by atoms with van der Waals surface area (Å²) in [7, 11) is 0. The number of ketones is 2. The van der Waals surface area contributed by atoms with E-state index in [1.54, 1.807) is 13.8 Å². The summed E-state index contributed by atoms with van der Waals surface area (Å²) in [6.45, 7) is 3.50. The fourth-order valence-electron chi connectivity index (χ4n) is 3.28. The molecular weight excluding hydrogens is 196 g/mol. The molecule has 82 valence electrons. The van der Waals surface area contributed by atoms with Gasteiger partial charge < -0.3 is 5.11 Å². The van der Waals surface area contributed by atoms with Crippen molar-refractivity contribution < 1.29 is 19.5 Å². The van der Waals surface area contributed by atoms with E-state index < -0.39 is 16.8 Å². The lowest BCUT2D eigenvalue weighted by molar-refractivity contribution is -0.143. The van der Waals surface area contributed by atoms with Gasteiger partial charge in [-0.1, -0.05) is 13.8 Å². The van der Waals surface area contributed by atoms with Crippen molar-refractivity contribution in [2.75, 3.05) is 0 Å². The monoisotopic (exact) mass is 210 g/mol. The highest BCUT2D eigenvalue weighted by Gasteiger charge is 2.68. The Kier molecular flexibility index (Phi) is 1.85. The van der Waals surface area contributed by atoms with Crippen LogP contribution in [0, 0.1) is 16.7 Å². The van der Waals surface area contributed by atoms with Gasteiger partial charge in [-0.3, -0.25) is 14.4 Å². The maximum atomic E-state index is 11.7. The Labute approximate surface area is 87.7 Å². The van der Waals surface area contributed by atoms with Crippen LogP contribution in [0.4, 0.5) is 0 Å². The first kappa shape index (κ1) is 10.3. The Morgan fingerprint density at radius 1 is 1.47 bits per heavy atom. The minimum Gasteiger partial charge on any atom is -0.481 e. The van der Waals surface area contributed by atoms with E-state index in [1.807, 2.05) is 0 Å². The van der Waals surface area contributed by atoms with Crippen LogP contribution >= 0.6 is 0 Å². The fraction of sp³-hybridized carbons (Fsp3) is 0.727. The lowest BCUT2D eigenvalue weighted by Crippen LogP contribution is -2.37. The Morgan fingerprint density at radius 3 is 2.47 bits per heavy atom. The van der Waals surface area contributed by atoms with Gasteiger partial charge in [0.1, 0.15) is 0 Å². The average molecular weight is 210 g/mol. The molecule has 0 spiro atoms. The molecule has 0 heterocycles. The number of fused-ring (bicyclic) bond motifs is 2. The number of carboxylic acid groups (broad SMARTS) is 1. The number of carboxylic acids is 1. The highest BCUT2D eigenvalue weighted by atomic mass is 16.4. The molecule has 2 aliphatic carbocycles. The van der Waals surface area contributed by atoms with E-state index in [4.69, 9.17) is 5.11 Å². The van der Waals surface area contributed by atoms with Crippen molar-refractivity contribution in [1.29, 1.82) is 0 Å². The summed E-state index contributed by atoms with van der Waals surface area (Å²) in [6.07, 6.45) is 1.21. The summed E-state index contributed by atoms with van der Waals surface area (Å²) in [5.41, 5.74) is -1.42. The number of rotatable bonds is 2. The van der Waals surface area contributed by atoms with E-state index in [0.717, 1.165) is 0 Å². The summed E-state index contributed by atoms with van der Waals surface area (Å²) < 4.78 is 0. The molecule has 0 aliphatic heterocycles. The second kappa shape index (κ2) is 2.68. The molecule has 0 amide bonds. The molecule has 4 heteroatoms. The molecule has 2 saturated carbocycles. The van der Waals surface area contributed by atoms with Crippen LogP contribution in [0.2, 0.25) is 0 Å². The predicted octanol–water partition coefficient (Wildman–Crippen LogP) is 1.04. The van der Waals surface area contributed by atoms with Gasteiger partial charge in [0.15, 0.2) is 0 Å². The summed E-state index contributed by atoms with van der Waals surface area (Å²) >= 11 is 0. The number of Topliss-reactive ketones (excluding diaryl/α,β-unsaturated/α-hetero) is 2. The smallest absolute Gasteiger partial charge is 0.303 e. The highest BCUT2D eigenvalue weighted by Crippen LogP contribution is 2.63. The second-order valence-corrected chi connectivity index (χ2v) is 5.10. The maximum Gasteiger partial charge on any atom is 0.303 e. The zero-order valence-electron chi connectivity index (χ0n) is 8.87. The molecular formula is C11H14O4. The van der Waals surface area contributed by atoms with Gasteiger partial charge in [0.05, 0.1) is 6.42 Å². The zero-order valence-corrected chi connectivity index (χ0v) is 8.87. The topological polar surface area (TPSA) is 71.4 Å². The normalized spacial score (nSPS) is 43.7. The number of carbonyl (C=O) groups excluding carboxylic acids is 2. The summed E-state index contributed by atoms with van der Waals surface area (Å²) in [5.74, 6) is -2.01.